The van der Waals surface area contributed by atoms with Gasteiger partial charge in [0.25, 0.3) is 0 Å². The Balaban J connectivity index is 1.82. The predicted octanol–water partition coefficient (Wildman–Crippen LogP) is 9.13. The summed E-state index contributed by atoms with van der Waals surface area (Å²) in [6.07, 6.45) is 34.8. The highest BCUT2D eigenvalue weighted by Crippen LogP contribution is 2.22. The smallest absolute Gasteiger partial charge is 0.303 e. The second-order valence-corrected chi connectivity index (χ2v) is 20.4. The van der Waals surface area contributed by atoms with Gasteiger partial charge in [0.05, 0.1) is 6.04 Å². The van der Waals surface area contributed by atoms with Crippen molar-refractivity contribution in [2.24, 2.45) is 5.73 Å². The average molecular weight is 988 g/mol. The number of nitrogens with two attached hydrogens (primary N) is 1. The van der Waals surface area contributed by atoms with Gasteiger partial charge in [-0.25, -0.2) is 0 Å². The van der Waals surface area contributed by atoms with Gasteiger partial charge in [0.2, 0.25) is 35.4 Å². The van der Waals surface area contributed by atoms with E-state index in [1.807, 2.05) is 0 Å². The van der Waals surface area contributed by atoms with E-state index in [2.05, 4.69) is 35.1 Å². The molecule has 0 saturated carbocycles. The Kier molecular flexibility index (Phi) is 36.4. The van der Waals surface area contributed by atoms with Crippen LogP contribution in [0.3, 0.4) is 0 Å². The molecule has 0 spiro atoms. The van der Waals surface area contributed by atoms with E-state index in [1.54, 1.807) is 9.80 Å². The van der Waals surface area contributed by atoms with Crippen LogP contribution in [-0.4, -0.2) is 113 Å². The van der Waals surface area contributed by atoms with Crippen LogP contribution in [0, 0.1) is 0 Å². The number of amides is 6. The molecule has 404 valence electrons. The van der Waals surface area contributed by atoms with E-state index in [0.29, 0.717) is 90.5 Å². The fourth-order valence-electron chi connectivity index (χ4n) is 9.87. The Morgan fingerprint density at radius 2 is 0.857 bits per heavy atom. The van der Waals surface area contributed by atoms with Gasteiger partial charge in [-0.05, 0) is 77.0 Å². The van der Waals surface area contributed by atoms with Crippen molar-refractivity contribution in [2.75, 3.05) is 32.7 Å². The minimum absolute atomic E-state index is 0.00234. The first-order valence-corrected chi connectivity index (χ1v) is 28.7. The molecule has 0 aromatic rings. The quantitative estimate of drug-likeness (QED) is 0.0320. The molecule has 0 aromatic carbocycles. The van der Waals surface area contributed by atoms with Gasteiger partial charge in [-0.1, -0.05) is 155 Å². The number of unbranched alkanes of at least 4 members (excludes halogenated alkanes) is 24. The summed E-state index contributed by atoms with van der Waals surface area (Å²) in [4.78, 5) is 93.6. The minimum atomic E-state index is -0.993. The van der Waals surface area contributed by atoms with E-state index in [9.17, 15) is 33.6 Å². The highest BCUT2D eigenvalue weighted by molar-refractivity contribution is 5.92. The second-order valence-electron chi connectivity index (χ2n) is 20.4. The highest BCUT2D eigenvalue weighted by atomic mass is 16.4. The van der Waals surface area contributed by atoms with Crippen molar-refractivity contribution >= 4 is 41.4 Å². The molecule has 2 aliphatic rings. The van der Waals surface area contributed by atoms with E-state index in [0.717, 1.165) is 64.2 Å². The second kappa shape index (κ2) is 40.8. The van der Waals surface area contributed by atoms with E-state index in [1.165, 1.54) is 103 Å². The number of nitrogens with one attached hydrogen (secondary N) is 4. The molecule has 6 amide bonds. The van der Waals surface area contributed by atoms with Crippen molar-refractivity contribution in [1.82, 2.24) is 31.1 Å². The zero-order valence-corrected chi connectivity index (χ0v) is 44.3. The zero-order chi connectivity index (χ0) is 51.0. The number of nitrogens with zero attached hydrogens (tertiary/aromatic N) is 2. The third-order valence-corrected chi connectivity index (χ3v) is 14.3. The Morgan fingerprint density at radius 3 is 1.31 bits per heavy atom. The lowest BCUT2D eigenvalue weighted by atomic mass is 10.0. The molecule has 2 fully saturated rings. The van der Waals surface area contributed by atoms with Crippen molar-refractivity contribution in [3.63, 3.8) is 0 Å². The number of rotatable bonds is 44. The largest absolute Gasteiger partial charge is 0.481 e. The molecule has 2 heterocycles. The van der Waals surface area contributed by atoms with E-state index in [-0.39, 0.29) is 48.3 Å². The summed E-state index contributed by atoms with van der Waals surface area (Å²) in [5.41, 5.74) is 5.78. The summed E-state index contributed by atoms with van der Waals surface area (Å²) in [5.74, 6) is -2.01. The molecule has 4 unspecified atom stereocenters. The number of carbonyl (C=O) groups is 7. The number of likely N-dealkylation sites (tertiary alicyclic amines) is 2. The molecular weight excluding hydrogens is 887 g/mol. The molecule has 0 bridgehead atoms. The number of hydrogen-bond acceptors (Lipinski definition) is 8. The van der Waals surface area contributed by atoms with Crippen LogP contribution in [-0.2, 0) is 33.6 Å². The maximum atomic E-state index is 13.8. The predicted molar refractivity (Wildman–Crippen MR) is 280 cm³/mol. The van der Waals surface area contributed by atoms with Gasteiger partial charge in [-0.15, -0.1) is 0 Å². The Morgan fingerprint density at radius 1 is 0.471 bits per heavy atom. The Hall–Kier alpha value is -3.75. The van der Waals surface area contributed by atoms with Crippen LogP contribution < -0.4 is 27.0 Å². The van der Waals surface area contributed by atoms with Gasteiger partial charge in [-0.3, -0.25) is 33.6 Å². The molecule has 0 radical (unpaired) electrons. The molecule has 15 heteroatoms. The summed E-state index contributed by atoms with van der Waals surface area (Å²) in [5, 5.41) is 20.6. The fraction of sp³-hybridized carbons (Fsp3) is 0.873. The summed E-state index contributed by atoms with van der Waals surface area (Å²) in [6, 6.07) is -2.71. The van der Waals surface area contributed by atoms with E-state index >= 15 is 0 Å². The molecule has 4 atom stereocenters. The molecule has 15 nitrogen and oxygen atoms in total. The number of aliphatic carboxylic acids is 1. The van der Waals surface area contributed by atoms with Crippen LogP contribution in [0.2, 0.25) is 0 Å². The highest BCUT2D eigenvalue weighted by Gasteiger charge is 2.36. The minimum Gasteiger partial charge on any atom is -0.481 e. The molecule has 7 N–H and O–H groups in total. The maximum Gasteiger partial charge on any atom is 0.303 e. The van der Waals surface area contributed by atoms with Gasteiger partial charge in [0.1, 0.15) is 18.1 Å². The van der Waals surface area contributed by atoms with Gasteiger partial charge in [-0.2, -0.15) is 0 Å². The molecule has 70 heavy (non-hydrogen) atoms. The number of carboxylic acids is 1. The van der Waals surface area contributed by atoms with E-state index < -0.39 is 30.1 Å². The van der Waals surface area contributed by atoms with Gasteiger partial charge in [0.15, 0.2) is 0 Å². The first-order valence-electron chi connectivity index (χ1n) is 28.7. The Labute approximate surface area is 423 Å². The van der Waals surface area contributed by atoms with Crippen molar-refractivity contribution in [1.29, 1.82) is 0 Å². The standard InChI is InChI=1S/C55H101N7O8/c1-3-5-7-9-11-13-15-17-19-21-25-36-49(63)61-43-31-34-47(61)54(69)59-42-30-27-33-46(53(68)58-41-29-24-23-28-40-57-52(67)45(56)38-39-51(65)66)60-55(70)48-35-32-44-62(48)50(64)37-26-22-20-18-16-14-12-10-8-6-4-2/h45-48H,3-44,56H2,1-2H3,(H,57,67)(H,58,68)(H,59,69)(H,60,70)(H,65,66). The molecular formula is C55H101N7O8. The van der Waals surface area contributed by atoms with Crippen LogP contribution in [0.25, 0.3) is 0 Å². The fourth-order valence-corrected chi connectivity index (χ4v) is 9.87. The lowest BCUT2D eigenvalue weighted by Gasteiger charge is -2.26. The molecule has 0 aromatic heterocycles. The first-order chi connectivity index (χ1) is 34.0. The van der Waals surface area contributed by atoms with Crippen molar-refractivity contribution in [3.8, 4) is 0 Å². The van der Waals surface area contributed by atoms with Gasteiger partial charge < -0.3 is 41.9 Å². The Bertz CT molecular complexity index is 1470. The summed E-state index contributed by atoms with van der Waals surface area (Å²) in [6.45, 7) is 6.87. The van der Waals surface area contributed by atoms with E-state index in [4.69, 9.17) is 10.8 Å². The first kappa shape index (κ1) is 62.4. The average Bonchev–Trinajstić information content (AvgIpc) is 4.06. The van der Waals surface area contributed by atoms with Crippen molar-refractivity contribution in [2.45, 2.75) is 276 Å². The third kappa shape index (κ3) is 28.9. The van der Waals surface area contributed by atoms with Crippen molar-refractivity contribution < 1.29 is 38.7 Å². The number of carboxylic acid groups (broad SMARTS) is 1. The van der Waals surface area contributed by atoms with Gasteiger partial charge >= 0.3 is 5.97 Å². The molecule has 0 aliphatic carbocycles. The lowest BCUT2D eigenvalue weighted by Crippen LogP contribution is -2.53. The summed E-state index contributed by atoms with van der Waals surface area (Å²) < 4.78 is 0. The topological polar surface area (TPSA) is 220 Å². The van der Waals surface area contributed by atoms with Gasteiger partial charge in [0, 0.05) is 52.0 Å². The summed E-state index contributed by atoms with van der Waals surface area (Å²) in [7, 11) is 0. The van der Waals surface area contributed by atoms with Crippen LogP contribution in [0.15, 0.2) is 0 Å². The monoisotopic (exact) mass is 988 g/mol. The van der Waals surface area contributed by atoms with Crippen LogP contribution >= 0.6 is 0 Å². The summed E-state index contributed by atoms with van der Waals surface area (Å²) >= 11 is 0. The molecule has 2 aliphatic heterocycles. The van der Waals surface area contributed by atoms with Crippen molar-refractivity contribution in [3.05, 3.63) is 0 Å². The zero-order valence-electron chi connectivity index (χ0n) is 44.3. The number of carbonyl (C=O) groups excluding carboxylic acids is 6. The normalized spacial score (nSPS) is 16.5. The number of hydrogen-bond donors (Lipinski definition) is 6. The maximum absolute atomic E-state index is 13.8. The SMILES string of the molecule is CCCCCCCCCCCCCC(=O)N1CCCC1C(=O)NCCCCC(NC(=O)C1CCCN1C(=O)CCCCCCCCCCCCC)C(=O)NCCCCCCNC(=O)C(N)CCC(=O)O. The molecule has 2 saturated heterocycles. The van der Waals surface area contributed by atoms with Crippen LogP contribution in [0.4, 0.5) is 0 Å². The lowest BCUT2D eigenvalue weighted by molar-refractivity contribution is -0.139. The molecule has 2 rings (SSSR count). The van der Waals surface area contributed by atoms with Crippen LogP contribution in [0.1, 0.15) is 251 Å². The van der Waals surface area contributed by atoms with Crippen LogP contribution in [0.5, 0.6) is 0 Å². The third-order valence-electron chi connectivity index (χ3n) is 14.3.